The van der Waals surface area contributed by atoms with Crippen molar-refractivity contribution in [2.75, 3.05) is 23.3 Å². The first-order chi connectivity index (χ1) is 15.8. The molecule has 1 N–H and O–H groups in total. The van der Waals surface area contributed by atoms with E-state index in [-0.39, 0.29) is 10.3 Å². The van der Waals surface area contributed by atoms with Crippen LogP contribution in [-0.4, -0.2) is 50.3 Å². The Morgan fingerprint density at radius 3 is 2.88 bits per heavy atom. The van der Waals surface area contributed by atoms with Crippen molar-refractivity contribution in [3.05, 3.63) is 35.5 Å². The molecule has 4 aromatic rings. The SMILES string of the molecule is Cn1nnc2ccc(NC3CC4(CCN(c5ncnc6sc(CC(F)(F)F)cc56)C4)C3)cc21. The van der Waals surface area contributed by atoms with Crippen LogP contribution in [0.2, 0.25) is 0 Å². The van der Waals surface area contributed by atoms with E-state index in [1.807, 2.05) is 19.2 Å². The fourth-order valence-electron chi connectivity index (χ4n) is 5.32. The van der Waals surface area contributed by atoms with Crippen molar-refractivity contribution in [3.63, 3.8) is 0 Å². The molecule has 1 aliphatic carbocycles. The summed E-state index contributed by atoms with van der Waals surface area (Å²) < 4.78 is 40.3. The van der Waals surface area contributed by atoms with Crippen molar-refractivity contribution in [2.24, 2.45) is 12.5 Å². The third-order valence-electron chi connectivity index (χ3n) is 6.81. The molecule has 0 bridgehead atoms. The number of benzene rings is 1. The average molecular weight is 474 g/mol. The summed E-state index contributed by atoms with van der Waals surface area (Å²) in [7, 11) is 1.88. The van der Waals surface area contributed by atoms with Gasteiger partial charge in [-0.15, -0.1) is 16.4 Å². The van der Waals surface area contributed by atoms with Gasteiger partial charge in [-0.1, -0.05) is 5.21 Å². The molecule has 0 amide bonds. The number of anilines is 2. The van der Waals surface area contributed by atoms with Gasteiger partial charge >= 0.3 is 6.18 Å². The topological polar surface area (TPSA) is 71.8 Å². The van der Waals surface area contributed by atoms with Gasteiger partial charge in [-0.2, -0.15) is 13.2 Å². The Kier molecular flexibility index (Phi) is 4.55. The number of fused-ring (bicyclic) bond motifs is 2. The predicted molar refractivity (Wildman–Crippen MR) is 122 cm³/mol. The van der Waals surface area contributed by atoms with Gasteiger partial charge < -0.3 is 10.2 Å². The van der Waals surface area contributed by atoms with Gasteiger partial charge in [-0.05, 0) is 48.9 Å². The van der Waals surface area contributed by atoms with E-state index >= 15 is 0 Å². The second-order valence-electron chi connectivity index (χ2n) is 9.26. The second kappa shape index (κ2) is 7.28. The maximum absolute atomic E-state index is 12.8. The van der Waals surface area contributed by atoms with E-state index in [9.17, 15) is 13.2 Å². The summed E-state index contributed by atoms with van der Waals surface area (Å²) in [5.41, 5.74) is 3.16. The standard InChI is InChI=1S/C22H22F3N7S/c1-31-18-6-13(2-3-17(18)29-30-31)28-14-8-21(9-14)4-5-32(11-21)19-16-7-15(10-22(23,24)25)33-20(16)27-12-26-19/h2-3,6-7,12,14,28H,4-5,8-11H2,1H3. The van der Waals surface area contributed by atoms with Gasteiger partial charge in [-0.25, -0.2) is 14.6 Å². The number of nitrogens with zero attached hydrogens (tertiary/aromatic N) is 6. The van der Waals surface area contributed by atoms with Gasteiger partial charge in [0.25, 0.3) is 0 Å². The van der Waals surface area contributed by atoms with Crippen LogP contribution in [0, 0.1) is 5.41 Å². The first-order valence-electron chi connectivity index (χ1n) is 10.9. The van der Waals surface area contributed by atoms with Crippen molar-refractivity contribution in [1.82, 2.24) is 25.0 Å². The van der Waals surface area contributed by atoms with E-state index in [1.54, 1.807) is 10.7 Å². The molecule has 6 rings (SSSR count). The van der Waals surface area contributed by atoms with E-state index in [1.165, 1.54) is 6.33 Å². The van der Waals surface area contributed by atoms with Crippen LogP contribution >= 0.6 is 11.3 Å². The summed E-state index contributed by atoms with van der Waals surface area (Å²) in [6.07, 6.45) is -0.514. The Morgan fingerprint density at radius 1 is 1.21 bits per heavy atom. The fourth-order valence-corrected chi connectivity index (χ4v) is 6.34. The molecule has 1 saturated heterocycles. The third-order valence-corrected chi connectivity index (χ3v) is 7.86. The van der Waals surface area contributed by atoms with Crippen LogP contribution < -0.4 is 10.2 Å². The molecule has 172 valence electrons. The molecule has 4 heterocycles. The number of halogens is 3. The molecular formula is C22H22F3N7S. The van der Waals surface area contributed by atoms with Gasteiger partial charge in [0.2, 0.25) is 0 Å². The maximum Gasteiger partial charge on any atom is 0.393 e. The Bertz CT molecular complexity index is 1340. The molecule has 33 heavy (non-hydrogen) atoms. The molecule has 1 spiro atoms. The summed E-state index contributed by atoms with van der Waals surface area (Å²) in [6.45, 7) is 1.72. The molecule has 2 fully saturated rings. The Hall–Kier alpha value is -2.95. The van der Waals surface area contributed by atoms with Crippen LogP contribution in [0.3, 0.4) is 0 Å². The largest absolute Gasteiger partial charge is 0.393 e. The average Bonchev–Trinajstić information content (AvgIpc) is 3.43. The van der Waals surface area contributed by atoms with Crippen molar-refractivity contribution in [3.8, 4) is 0 Å². The van der Waals surface area contributed by atoms with E-state index < -0.39 is 12.6 Å². The van der Waals surface area contributed by atoms with Crippen molar-refractivity contribution >= 4 is 44.1 Å². The number of rotatable bonds is 4. The normalized spacial score (nSPS) is 23.0. The lowest BCUT2D eigenvalue weighted by Crippen LogP contribution is -2.46. The smallest absolute Gasteiger partial charge is 0.382 e. The van der Waals surface area contributed by atoms with Crippen molar-refractivity contribution in [2.45, 2.75) is 37.9 Å². The fraction of sp³-hybridized carbons (Fsp3) is 0.455. The lowest BCUT2D eigenvalue weighted by atomic mass is 9.65. The zero-order valence-corrected chi connectivity index (χ0v) is 18.7. The minimum absolute atomic E-state index is 0.220. The quantitative estimate of drug-likeness (QED) is 0.469. The number of alkyl halides is 3. The molecule has 1 aromatic carbocycles. The Labute approximate surface area is 191 Å². The number of nitrogens with one attached hydrogen (secondary N) is 1. The summed E-state index contributed by atoms with van der Waals surface area (Å²) in [4.78, 5) is 11.8. The Morgan fingerprint density at radius 2 is 2.06 bits per heavy atom. The molecule has 2 aliphatic rings. The van der Waals surface area contributed by atoms with E-state index in [4.69, 9.17) is 0 Å². The van der Waals surface area contributed by atoms with Gasteiger partial charge in [-0.3, -0.25) is 0 Å². The van der Waals surface area contributed by atoms with Crippen molar-refractivity contribution in [1.29, 1.82) is 0 Å². The first-order valence-corrected chi connectivity index (χ1v) is 11.7. The zero-order chi connectivity index (χ0) is 22.8. The number of thiophene rings is 1. The van der Waals surface area contributed by atoms with E-state index in [2.05, 4.69) is 36.6 Å². The van der Waals surface area contributed by atoms with Gasteiger partial charge in [0.1, 0.15) is 22.5 Å². The van der Waals surface area contributed by atoms with Gasteiger partial charge in [0, 0.05) is 36.7 Å². The molecule has 7 nitrogen and oxygen atoms in total. The van der Waals surface area contributed by atoms with Crippen LogP contribution in [0.4, 0.5) is 24.7 Å². The minimum atomic E-state index is -4.22. The molecule has 1 aliphatic heterocycles. The molecule has 1 saturated carbocycles. The second-order valence-corrected chi connectivity index (χ2v) is 10.4. The van der Waals surface area contributed by atoms with E-state index in [0.29, 0.717) is 10.9 Å². The van der Waals surface area contributed by atoms with Crippen LogP contribution in [0.5, 0.6) is 0 Å². The summed E-state index contributed by atoms with van der Waals surface area (Å²) in [6, 6.07) is 8.10. The number of aromatic nitrogens is 5. The predicted octanol–water partition coefficient (Wildman–Crippen LogP) is 4.55. The van der Waals surface area contributed by atoms with Gasteiger partial charge in [0.15, 0.2) is 0 Å². The van der Waals surface area contributed by atoms with Crippen LogP contribution in [0.25, 0.3) is 21.3 Å². The highest BCUT2D eigenvalue weighted by atomic mass is 32.1. The molecule has 11 heteroatoms. The Balaban J connectivity index is 1.14. The minimum Gasteiger partial charge on any atom is -0.382 e. The first kappa shape index (κ1) is 20.6. The molecular weight excluding hydrogens is 451 g/mol. The van der Waals surface area contributed by atoms with Gasteiger partial charge in [0.05, 0.1) is 17.3 Å². The lowest BCUT2D eigenvalue weighted by molar-refractivity contribution is -0.126. The van der Waals surface area contributed by atoms with Crippen molar-refractivity contribution < 1.29 is 13.2 Å². The monoisotopic (exact) mass is 473 g/mol. The summed E-state index contributed by atoms with van der Waals surface area (Å²) in [5.74, 6) is 0.757. The highest BCUT2D eigenvalue weighted by Gasteiger charge is 2.49. The third kappa shape index (κ3) is 3.77. The maximum atomic E-state index is 12.8. The number of hydrogen-bond donors (Lipinski definition) is 1. The van der Waals surface area contributed by atoms with Crippen LogP contribution in [-0.2, 0) is 13.5 Å². The molecule has 0 atom stereocenters. The lowest BCUT2D eigenvalue weighted by Gasteiger charge is -2.46. The number of hydrogen-bond acceptors (Lipinski definition) is 7. The summed E-state index contributed by atoms with van der Waals surface area (Å²) in [5, 5.41) is 12.5. The molecule has 0 unspecified atom stereocenters. The highest BCUT2D eigenvalue weighted by Crippen LogP contribution is 2.50. The number of aryl methyl sites for hydroxylation is 1. The van der Waals surface area contributed by atoms with E-state index in [0.717, 1.165) is 71.6 Å². The molecule has 3 aromatic heterocycles. The highest BCUT2D eigenvalue weighted by molar-refractivity contribution is 7.18. The van der Waals surface area contributed by atoms with Crippen LogP contribution in [0.1, 0.15) is 24.1 Å². The zero-order valence-electron chi connectivity index (χ0n) is 17.9. The summed E-state index contributed by atoms with van der Waals surface area (Å²) >= 11 is 1.10. The molecule has 0 radical (unpaired) electrons. The van der Waals surface area contributed by atoms with Crippen LogP contribution in [0.15, 0.2) is 30.6 Å².